The zero-order chi connectivity index (χ0) is 19.2. The molecule has 0 aromatic carbocycles. The lowest BCUT2D eigenvalue weighted by atomic mass is 9.71. The van der Waals surface area contributed by atoms with Crippen LogP contribution < -0.4 is 5.73 Å². The van der Waals surface area contributed by atoms with Gasteiger partial charge in [-0.05, 0) is 46.6 Å². The van der Waals surface area contributed by atoms with Crippen LogP contribution in [0.1, 0.15) is 53.9 Å². The van der Waals surface area contributed by atoms with Crippen molar-refractivity contribution >= 4 is 57.1 Å². The van der Waals surface area contributed by atoms with Crippen molar-refractivity contribution in [2.24, 2.45) is 17.1 Å². The smallest absolute Gasteiger partial charge is 0.312 e. The van der Waals surface area contributed by atoms with Crippen molar-refractivity contribution in [1.29, 1.82) is 0 Å². The van der Waals surface area contributed by atoms with E-state index in [1.807, 2.05) is 20.8 Å². The number of carbonyl (C=O) groups excluding carboxylic acids is 2. The molecule has 0 fully saturated rings. The predicted octanol–water partition coefficient (Wildman–Crippen LogP) is 3.88. The zero-order valence-corrected chi connectivity index (χ0v) is 19.9. The summed E-state index contributed by atoms with van der Waals surface area (Å²) in [6.45, 7) is 10.8. The fourth-order valence-corrected chi connectivity index (χ4v) is 3.46. The van der Waals surface area contributed by atoms with Crippen molar-refractivity contribution in [3.05, 3.63) is 0 Å². The maximum atomic E-state index is 12.6. The minimum atomic E-state index is -0.790. The van der Waals surface area contributed by atoms with Gasteiger partial charge in [0.25, 0.3) is 0 Å². The Labute approximate surface area is 173 Å². The van der Waals surface area contributed by atoms with E-state index in [9.17, 15) is 9.59 Å². The van der Waals surface area contributed by atoms with Gasteiger partial charge in [0.1, 0.15) is 0 Å². The molecule has 7 heteroatoms. The van der Waals surface area contributed by atoms with Crippen molar-refractivity contribution in [1.82, 2.24) is 0 Å². The minimum absolute atomic E-state index is 0.0816. The van der Waals surface area contributed by atoms with Crippen molar-refractivity contribution in [3.8, 4) is 0 Å². The van der Waals surface area contributed by atoms with E-state index in [2.05, 4.69) is 59.0 Å². The van der Waals surface area contributed by atoms with Gasteiger partial charge < -0.3 is 15.2 Å². The van der Waals surface area contributed by atoms with Crippen LogP contribution in [0, 0.1) is 11.3 Å². The number of alkyl halides is 2. The largest absolute Gasteiger partial charge is 0.469 e. The maximum absolute atomic E-state index is 12.6. The lowest BCUT2D eigenvalue weighted by Gasteiger charge is -2.40. The molecule has 0 amide bonds. The van der Waals surface area contributed by atoms with Crippen molar-refractivity contribution in [2.75, 3.05) is 20.3 Å². The summed E-state index contributed by atoms with van der Waals surface area (Å²) < 4.78 is 9.97. The molecule has 2 atom stereocenters. The Morgan fingerprint density at radius 2 is 1.62 bits per heavy atom. The Hall–Kier alpha value is 0.360. The van der Waals surface area contributed by atoms with E-state index in [1.54, 1.807) is 0 Å². The first-order valence-corrected chi connectivity index (χ1v) is 10.3. The maximum Gasteiger partial charge on any atom is 0.312 e. The molecule has 0 aliphatic rings. The summed E-state index contributed by atoms with van der Waals surface area (Å²) in [6, 6.07) is 0. The number of nitrogens with two attached hydrogens (primary N) is 1. The fourth-order valence-electron chi connectivity index (χ4n) is 2.49. The number of rotatable bonds is 10. The molecule has 0 spiro atoms. The van der Waals surface area contributed by atoms with Gasteiger partial charge in [-0.2, -0.15) is 0 Å². The summed E-state index contributed by atoms with van der Waals surface area (Å²) in [5.41, 5.74) is 4.66. The number of hydrogen-bond acceptors (Lipinski definition) is 5. The summed E-state index contributed by atoms with van der Waals surface area (Å²) >= 11 is 4.57. The van der Waals surface area contributed by atoms with E-state index in [1.165, 1.54) is 7.11 Å². The third kappa shape index (κ3) is 7.72. The monoisotopic (exact) mass is 567 g/mol. The summed E-state index contributed by atoms with van der Waals surface area (Å²) in [5, 5.41) is 0. The first-order valence-electron chi connectivity index (χ1n) is 8.11. The molecule has 0 heterocycles. The number of carbonyl (C=O) groups is 2. The zero-order valence-electron chi connectivity index (χ0n) is 15.6. The highest BCUT2D eigenvalue weighted by atomic mass is 127. The van der Waals surface area contributed by atoms with E-state index < -0.39 is 5.41 Å². The first-order chi connectivity index (χ1) is 10.8. The lowest BCUT2D eigenvalue weighted by molar-refractivity contribution is -0.158. The van der Waals surface area contributed by atoms with Crippen molar-refractivity contribution in [3.63, 3.8) is 0 Å². The molecular weight excluding hydrogens is 536 g/mol. The first kappa shape index (κ1) is 24.4. The summed E-state index contributed by atoms with van der Waals surface area (Å²) in [6.07, 6.45) is 1.66. The van der Waals surface area contributed by atoms with Gasteiger partial charge in [-0.3, -0.25) is 9.59 Å². The van der Waals surface area contributed by atoms with Crippen LogP contribution in [0.15, 0.2) is 0 Å². The van der Waals surface area contributed by atoms with Crippen LogP contribution in [0.2, 0.25) is 0 Å². The highest BCUT2D eigenvalue weighted by molar-refractivity contribution is 14.1. The molecule has 24 heavy (non-hydrogen) atoms. The van der Waals surface area contributed by atoms with Gasteiger partial charge in [0.15, 0.2) is 0 Å². The van der Waals surface area contributed by atoms with Gasteiger partial charge in [-0.1, -0.05) is 59.0 Å². The second kappa shape index (κ2) is 9.89. The van der Waals surface area contributed by atoms with Crippen LogP contribution in [0.5, 0.6) is 0 Å². The molecule has 2 N–H and O–H groups in total. The standard InChI is InChI=1S/C17H31I2NO4/c1-15(2,18)10-12(13(21)24-9-7-8-20)11-17(5,14(22)23-6)16(3,4)19/h12H,7-11,20H2,1-6H3. The number of ether oxygens (including phenoxy) is 2. The molecule has 0 radical (unpaired) electrons. The van der Waals surface area contributed by atoms with Gasteiger partial charge >= 0.3 is 11.9 Å². The predicted molar refractivity (Wildman–Crippen MR) is 114 cm³/mol. The molecule has 0 rings (SSSR count). The SMILES string of the molecule is COC(=O)C(C)(CC(CC(C)(C)I)C(=O)OCCCN)C(C)(C)I. The number of hydrogen-bond donors (Lipinski definition) is 1. The van der Waals surface area contributed by atoms with Crippen molar-refractivity contribution < 1.29 is 19.1 Å². The molecule has 0 aromatic rings. The Bertz CT molecular complexity index is 429. The van der Waals surface area contributed by atoms with Gasteiger partial charge in [0.05, 0.1) is 25.0 Å². The van der Waals surface area contributed by atoms with Crippen LogP contribution in [0.3, 0.4) is 0 Å². The topological polar surface area (TPSA) is 78.6 Å². The fraction of sp³-hybridized carbons (Fsp3) is 0.882. The molecule has 0 aromatic heterocycles. The second-order valence-electron chi connectivity index (χ2n) is 7.43. The van der Waals surface area contributed by atoms with Crippen LogP contribution in [-0.4, -0.2) is 39.0 Å². The van der Waals surface area contributed by atoms with Crippen LogP contribution in [0.25, 0.3) is 0 Å². The molecule has 0 saturated heterocycles. The van der Waals surface area contributed by atoms with E-state index in [0.29, 0.717) is 32.4 Å². The summed E-state index contributed by atoms with van der Waals surface area (Å²) in [5.74, 6) is -0.926. The number of esters is 2. The molecular formula is C17H31I2NO4. The second-order valence-corrected chi connectivity index (χ2v) is 13.0. The van der Waals surface area contributed by atoms with Crippen LogP contribution in [0.4, 0.5) is 0 Å². The molecule has 0 bridgehead atoms. The Balaban J connectivity index is 5.47. The Morgan fingerprint density at radius 1 is 1.08 bits per heavy atom. The average Bonchev–Trinajstić information content (AvgIpc) is 2.42. The highest BCUT2D eigenvalue weighted by Gasteiger charge is 2.49. The highest BCUT2D eigenvalue weighted by Crippen LogP contribution is 2.46. The van der Waals surface area contributed by atoms with Crippen molar-refractivity contribution in [2.45, 2.75) is 60.7 Å². The normalized spacial score (nSPS) is 16.2. The number of methoxy groups -OCH3 is 1. The van der Waals surface area contributed by atoms with Crippen LogP contribution >= 0.6 is 45.2 Å². The van der Waals surface area contributed by atoms with E-state index in [-0.39, 0.29) is 24.7 Å². The third-order valence-corrected chi connectivity index (χ3v) is 5.89. The summed E-state index contributed by atoms with van der Waals surface area (Å²) in [7, 11) is 1.39. The lowest BCUT2D eigenvalue weighted by Crippen LogP contribution is -2.46. The quantitative estimate of drug-likeness (QED) is 0.188. The summed E-state index contributed by atoms with van der Waals surface area (Å²) in [4.78, 5) is 25.1. The van der Waals surface area contributed by atoms with Gasteiger partial charge in [-0.25, -0.2) is 0 Å². The molecule has 0 saturated carbocycles. The van der Waals surface area contributed by atoms with Gasteiger partial charge in [0, 0.05) is 6.84 Å². The molecule has 2 unspecified atom stereocenters. The van der Waals surface area contributed by atoms with E-state index >= 15 is 0 Å². The molecule has 0 aliphatic heterocycles. The van der Waals surface area contributed by atoms with E-state index in [0.717, 1.165) is 0 Å². The van der Waals surface area contributed by atoms with E-state index in [4.69, 9.17) is 15.2 Å². The number of halogens is 2. The molecule has 5 nitrogen and oxygen atoms in total. The molecule has 0 aliphatic carbocycles. The Kier molecular flexibility index (Phi) is 10.0. The van der Waals surface area contributed by atoms with Gasteiger partial charge in [0.2, 0.25) is 0 Å². The Morgan fingerprint density at radius 3 is 2.00 bits per heavy atom. The average molecular weight is 567 g/mol. The third-order valence-electron chi connectivity index (χ3n) is 4.26. The van der Waals surface area contributed by atoms with Crippen LogP contribution in [-0.2, 0) is 19.1 Å². The molecule has 142 valence electrons. The minimum Gasteiger partial charge on any atom is -0.469 e. The van der Waals surface area contributed by atoms with Gasteiger partial charge in [-0.15, -0.1) is 0 Å².